The number of amidine groups is 4. The fourth-order valence-electron chi connectivity index (χ4n) is 11.3. The number of benzene rings is 8. The predicted molar refractivity (Wildman–Crippen MR) is 464 cm³/mol. The Balaban J connectivity index is 0.000000140. The minimum atomic E-state index is -1.05. The van der Waals surface area contributed by atoms with E-state index in [-0.39, 0.29) is 63.1 Å². The third kappa shape index (κ3) is 21.0. The quantitative estimate of drug-likeness (QED) is 0.0529. The number of hydrogen-bond acceptors (Lipinski definition) is 21. The van der Waals surface area contributed by atoms with Gasteiger partial charge in [-0.15, -0.1) is 0 Å². The number of aliphatic imine (C=N–C) groups is 4. The number of carboxylic acid groups (broad SMARTS) is 5. The zero-order chi connectivity index (χ0) is 86.6. The highest BCUT2D eigenvalue weighted by Gasteiger charge is 2.35. The van der Waals surface area contributed by atoms with Crippen molar-refractivity contribution >= 4 is 180 Å². The van der Waals surface area contributed by atoms with Gasteiger partial charge >= 0.3 is 29.8 Å². The Morgan fingerprint density at radius 2 is 0.574 bits per heavy atom. The lowest BCUT2D eigenvalue weighted by Crippen LogP contribution is -2.23. The number of carbonyl (C=O) groups excluding carboxylic acids is 4. The van der Waals surface area contributed by atoms with E-state index in [1.54, 1.807) is 192 Å². The van der Waals surface area contributed by atoms with Gasteiger partial charge in [0.05, 0.1) is 70.2 Å². The molecule has 8 aromatic carbocycles. The average molecular weight is 1730 g/mol. The van der Waals surface area contributed by atoms with Crippen molar-refractivity contribution in [2.75, 3.05) is 28.2 Å². The van der Waals surface area contributed by atoms with Gasteiger partial charge in [0.15, 0.2) is 20.7 Å². The van der Waals surface area contributed by atoms with Crippen LogP contribution in [0.4, 0.5) is 31.5 Å². The zero-order valence-electron chi connectivity index (χ0n) is 63.8. The Morgan fingerprint density at radius 1 is 0.311 bits per heavy atom. The molecule has 610 valence electrons. The van der Waals surface area contributed by atoms with E-state index >= 15 is 0 Å². The third-order valence-electron chi connectivity index (χ3n) is 17.7. The van der Waals surface area contributed by atoms with Gasteiger partial charge in [0.2, 0.25) is 0 Å². The molecule has 0 unspecified atom stereocenters. The Kier molecular flexibility index (Phi) is 26.5. The van der Waals surface area contributed by atoms with Crippen LogP contribution in [0, 0.1) is 11.6 Å². The van der Waals surface area contributed by atoms with Crippen molar-refractivity contribution in [1.82, 2.24) is 19.6 Å². The molecule has 0 spiro atoms. The fraction of sp³-hybridized carbons (Fsp3) is 0.0449. The number of nitrogens with zero attached hydrogens (tertiary/aromatic N) is 8. The highest BCUT2D eigenvalue weighted by atomic mass is 35.5. The van der Waals surface area contributed by atoms with E-state index in [4.69, 9.17) is 54.8 Å². The van der Waals surface area contributed by atoms with E-state index < -0.39 is 29.8 Å². The molecule has 122 heavy (non-hydrogen) atoms. The maximum Gasteiger partial charge on any atom is 0.335 e. The maximum absolute atomic E-state index is 13.1. The van der Waals surface area contributed by atoms with Gasteiger partial charge in [-0.2, -0.15) is 0 Å². The number of halogens is 3. The first-order valence-corrected chi connectivity index (χ1v) is 39.6. The summed E-state index contributed by atoms with van der Waals surface area (Å²) in [5, 5.41) is 47.5. The van der Waals surface area contributed by atoms with E-state index in [0.29, 0.717) is 120 Å². The Hall–Kier alpha value is -14.7. The minimum absolute atomic E-state index is 0.119. The van der Waals surface area contributed by atoms with E-state index in [0.717, 1.165) is 16.7 Å². The first-order chi connectivity index (χ1) is 58.5. The second-order valence-electron chi connectivity index (χ2n) is 26.1. The number of aromatic carboxylic acids is 5. The molecule has 0 radical (unpaired) electrons. The fourth-order valence-corrected chi connectivity index (χ4v) is 15.4. The number of carboxylic acids is 5. The van der Waals surface area contributed by atoms with Gasteiger partial charge in [-0.3, -0.25) is 38.8 Å². The van der Waals surface area contributed by atoms with Gasteiger partial charge in [0.1, 0.15) is 57.7 Å². The molecule has 0 atom stereocenters. The number of carbonyl (C=O) groups is 9. The van der Waals surface area contributed by atoms with Crippen LogP contribution in [0.25, 0.3) is 69.6 Å². The summed E-state index contributed by atoms with van der Waals surface area (Å²) in [7, 11) is 6.47. The molecule has 4 fully saturated rings. The summed E-state index contributed by atoms with van der Waals surface area (Å²) >= 11 is 10.8. The lowest BCUT2D eigenvalue weighted by molar-refractivity contribution is -0.122. The SMILES string of the molecule is CN1C(=O)/C(=C/c2ccc(-c3ccc(C(=O)O)cc3)o2)SC1=Nc1ccc(C(=O)O)cc1.CN1C(=O)/C(=C/c2ccc(-c3ccc(F)cc3)o2)SC1=Nc1ccc(C(=O)O)cc1.CN1C(=O)/C(=C/c2ccc(-c3ccc(F)cc3)o2)SC1=Nc1cccc(C(=O)O)c1.CN1C(=O)/C(=C/c2ccc(-c3cccc(Cl)c3)o2)SC1=Nc1ccc(C(=O)O)cc1. The predicted octanol–water partition coefficient (Wildman–Crippen LogP) is 20.1. The highest BCUT2D eigenvalue weighted by molar-refractivity contribution is 8.19. The molecule has 4 aliphatic rings. The van der Waals surface area contributed by atoms with Crippen LogP contribution in [0.5, 0.6) is 0 Å². The maximum atomic E-state index is 13.1. The summed E-state index contributed by atoms with van der Waals surface area (Å²) in [6.45, 7) is 0. The molecule has 8 heterocycles. The van der Waals surface area contributed by atoms with Crippen LogP contribution in [0.1, 0.15) is 74.8 Å². The summed E-state index contributed by atoms with van der Waals surface area (Å²) in [5.41, 5.74) is 5.90. The molecule has 4 aromatic heterocycles. The Morgan fingerprint density at radius 3 is 0.861 bits per heavy atom. The summed E-state index contributed by atoms with van der Waals surface area (Å²) in [6, 6.07) is 64.0. The van der Waals surface area contributed by atoms with E-state index in [2.05, 4.69) is 20.0 Å². The van der Waals surface area contributed by atoms with Crippen molar-refractivity contribution in [1.29, 1.82) is 0 Å². The topological polar surface area (TPSA) is 370 Å². The van der Waals surface area contributed by atoms with Crippen LogP contribution in [0.3, 0.4) is 0 Å². The second kappa shape index (κ2) is 37.9. The molecule has 26 nitrogen and oxygen atoms in total. The van der Waals surface area contributed by atoms with E-state index in [9.17, 15) is 51.9 Å². The van der Waals surface area contributed by atoms with Gasteiger partial charge in [-0.05, 0) is 259 Å². The van der Waals surface area contributed by atoms with Gasteiger partial charge < -0.3 is 43.2 Å². The normalized spacial score (nSPS) is 16.5. The van der Waals surface area contributed by atoms with Crippen molar-refractivity contribution in [3.63, 3.8) is 0 Å². The van der Waals surface area contributed by atoms with Crippen molar-refractivity contribution in [3.05, 3.63) is 330 Å². The van der Waals surface area contributed by atoms with E-state index in [1.807, 2.05) is 18.2 Å². The molecule has 16 rings (SSSR count). The molecule has 0 bridgehead atoms. The number of furan rings is 4. The van der Waals surface area contributed by atoms with E-state index in [1.165, 1.54) is 152 Å². The second-order valence-corrected chi connectivity index (χ2v) is 30.6. The van der Waals surface area contributed by atoms with Gasteiger partial charge in [0, 0.05) is 79.8 Å². The lowest BCUT2D eigenvalue weighted by atomic mass is 10.1. The average Bonchev–Trinajstić information content (AvgIpc) is 1.69. The number of likely N-dealkylation sites (N-methyl/N-ethyl adjacent to an activating group) is 4. The number of rotatable bonds is 17. The van der Waals surface area contributed by atoms with Crippen LogP contribution in [-0.4, -0.2) is 147 Å². The molecule has 0 aliphatic carbocycles. The zero-order valence-corrected chi connectivity index (χ0v) is 67.8. The molecular weight excluding hydrogens is 1670 g/mol. The van der Waals surface area contributed by atoms with Crippen LogP contribution in [-0.2, 0) is 19.2 Å². The molecular formula is C89H61ClF2N8O18S4. The highest BCUT2D eigenvalue weighted by Crippen LogP contribution is 2.40. The number of hydrogen-bond donors (Lipinski definition) is 5. The van der Waals surface area contributed by atoms with Crippen LogP contribution >= 0.6 is 58.6 Å². The third-order valence-corrected chi connectivity index (χ3v) is 22.2. The van der Waals surface area contributed by atoms with Crippen molar-refractivity contribution in [2.45, 2.75) is 0 Å². The van der Waals surface area contributed by atoms with Crippen molar-refractivity contribution in [2.24, 2.45) is 20.0 Å². The first kappa shape index (κ1) is 85.2. The van der Waals surface area contributed by atoms with Crippen LogP contribution in [0.15, 0.2) is 300 Å². The largest absolute Gasteiger partial charge is 0.478 e. The van der Waals surface area contributed by atoms with Gasteiger partial charge in [0.25, 0.3) is 23.6 Å². The summed E-state index contributed by atoms with van der Waals surface area (Å²) < 4.78 is 49.3. The van der Waals surface area contributed by atoms with Gasteiger partial charge in [-0.1, -0.05) is 41.9 Å². The van der Waals surface area contributed by atoms with Crippen LogP contribution in [0.2, 0.25) is 5.02 Å². The molecule has 12 aromatic rings. The summed E-state index contributed by atoms with van der Waals surface area (Å²) in [4.78, 5) is 130. The van der Waals surface area contributed by atoms with Crippen molar-refractivity contribution < 1.29 is 95.1 Å². The smallest absolute Gasteiger partial charge is 0.335 e. The number of amides is 4. The molecule has 4 amide bonds. The van der Waals surface area contributed by atoms with Gasteiger partial charge in [-0.25, -0.2) is 52.7 Å². The summed E-state index contributed by atoms with van der Waals surface area (Å²) in [5.74, 6) is -2.32. The standard InChI is InChI=1S/C23H16N2O6S.C22H15ClN2O4S.2C22H15FN2O4S/c1-25-20(26)19(32-23(25)24-16-8-6-15(7-9-16)22(29)30)12-17-10-11-18(31-17)13-2-4-14(5-3-13)21(27)28;1-25-20(26)19(30-22(25)24-16-7-5-13(6-8-16)21(27)28)12-17-9-10-18(29-17)14-3-2-4-15(23)11-14;1-25-20(26)19(30-22(25)24-16-8-4-14(5-9-16)21(27)28)12-17-10-11-18(29-17)13-2-6-15(23)7-3-13;1-25-20(26)19(30-22(25)24-16-4-2-3-14(11-16)21(27)28)12-17-9-10-18(29-17)13-5-7-15(23)8-6-13/h2-12H,1H3,(H,27,28)(H,29,30);3*2-12H,1H3,(H,27,28)/b19-12-,24-23?;3*19-12-,24-22?. The summed E-state index contributed by atoms with van der Waals surface area (Å²) in [6.07, 6.45) is 6.54. The molecule has 4 aliphatic heterocycles. The minimum Gasteiger partial charge on any atom is -0.478 e. The van der Waals surface area contributed by atoms with Crippen LogP contribution < -0.4 is 0 Å². The molecule has 4 saturated heterocycles. The molecule has 33 heteroatoms. The monoisotopic (exact) mass is 1730 g/mol. The Bertz CT molecular complexity index is 6390. The lowest BCUT2D eigenvalue weighted by Gasteiger charge is -2.07. The number of thioether (sulfide) groups is 4. The van der Waals surface area contributed by atoms with Crippen molar-refractivity contribution in [3.8, 4) is 45.3 Å². The molecule has 5 N–H and O–H groups in total. The molecule has 0 saturated carbocycles. The Labute approximate surface area is 713 Å². The first-order valence-electron chi connectivity index (χ1n) is 35.9.